The lowest BCUT2D eigenvalue weighted by atomic mass is 10.2. The fourth-order valence-electron chi connectivity index (χ4n) is 1.45. The summed E-state index contributed by atoms with van der Waals surface area (Å²) in [6, 6.07) is 0.956. The van der Waals surface area contributed by atoms with Gasteiger partial charge in [-0.3, -0.25) is 10.1 Å². The van der Waals surface area contributed by atoms with Crippen LogP contribution < -0.4 is 0 Å². The van der Waals surface area contributed by atoms with Crippen molar-refractivity contribution in [2.24, 2.45) is 5.92 Å². The number of hydrogen-bond acceptors (Lipinski definition) is 5. The third-order valence-electron chi connectivity index (χ3n) is 2.35. The van der Waals surface area contributed by atoms with Gasteiger partial charge in [-0.05, 0) is 12.0 Å². The van der Waals surface area contributed by atoms with Crippen LogP contribution in [0.5, 0.6) is 0 Å². The van der Waals surface area contributed by atoms with Crippen LogP contribution in [-0.4, -0.2) is 30.7 Å². The number of esters is 1. The summed E-state index contributed by atoms with van der Waals surface area (Å²) in [5, 5.41) is 10.5. The van der Waals surface area contributed by atoms with Crippen LogP contribution in [0.15, 0.2) is 12.1 Å². The molecular weight excluding hydrogens is 288 g/mol. The first-order chi connectivity index (χ1) is 9.82. The Hall–Kier alpha value is -2.09. The van der Waals surface area contributed by atoms with Gasteiger partial charge < -0.3 is 9.47 Å². The number of carbonyl (C=O) groups is 1. The van der Waals surface area contributed by atoms with Gasteiger partial charge in [-0.1, -0.05) is 13.8 Å². The number of benzene rings is 1. The highest BCUT2D eigenvalue weighted by Crippen LogP contribution is 2.23. The van der Waals surface area contributed by atoms with Crippen LogP contribution in [0.4, 0.5) is 14.5 Å². The highest BCUT2D eigenvalue weighted by Gasteiger charge is 2.25. The zero-order valence-corrected chi connectivity index (χ0v) is 11.6. The van der Waals surface area contributed by atoms with Gasteiger partial charge in [-0.15, -0.1) is 0 Å². The number of nitrogens with zero attached hydrogens (tertiary/aromatic N) is 1. The molecule has 0 spiro atoms. The first kappa shape index (κ1) is 17.0. The van der Waals surface area contributed by atoms with E-state index in [4.69, 9.17) is 4.74 Å². The quantitative estimate of drug-likeness (QED) is 0.335. The van der Waals surface area contributed by atoms with Crippen LogP contribution in [0.1, 0.15) is 24.2 Å². The highest BCUT2D eigenvalue weighted by molar-refractivity contribution is 5.90. The van der Waals surface area contributed by atoms with Gasteiger partial charge in [-0.2, -0.15) is 4.39 Å². The predicted molar refractivity (Wildman–Crippen MR) is 69.0 cm³/mol. The molecule has 0 aliphatic heterocycles. The average molecular weight is 303 g/mol. The van der Waals surface area contributed by atoms with Crippen LogP contribution in [-0.2, 0) is 9.47 Å². The number of halogens is 2. The minimum absolute atomic E-state index is 0.100. The lowest BCUT2D eigenvalue weighted by molar-refractivity contribution is -0.387. The summed E-state index contributed by atoms with van der Waals surface area (Å²) in [6.07, 6.45) is 0. The molecule has 0 amide bonds. The third kappa shape index (κ3) is 5.07. The Bertz CT molecular complexity index is 534. The Morgan fingerprint density at radius 2 is 2.00 bits per heavy atom. The normalized spacial score (nSPS) is 10.7. The molecule has 0 radical (unpaired) electrons. The molecule has 0 aliphatic rings. The van der Waals surface area contributed by atoms with E-state index in [2.05, 4.69) is 4.74 Å². The Labute approximate surface area is 119 Å². The molecule has 21 heavy (non-hydrogen) atoms. The van der Waals surface area contributed by atoms with Gasteiger partial charge in [0, 0.05) is 6.61 Å². The number of hydrogen-bond donors (Lipinski definition) is 0. The topological polar surface area (TPSA) is 78.7 Å². The van der Waals surface area contributed by atoms with E-state index in [0.29, 0.717) is 24.7 Å². The Morgan fingerprint density at radius 1 is 1.33 bits per heavy atom. The molecule has 1 rings (SSSR count). The number of ether oxygens (including phenoxy) is 2. The van der Waals surface area contributed by atoms with Crippen molar-refractivity contribution >= 4 is 11.7 Å². The maximum Gasteiger partial charge on any atom is 0.341 e. The molecule has 0 aromatic heterocycles. The molecule has 0 aliphatic carbocycles. The molecule has 116 valence electrons. The lowest BCUT2D eigenvalue weighted by Gasteiger charge is -2.08. The van der Waals surface area contributed by atoms with E-state index in [-0.39, 0.29) is 13.2 Å². The molecule has 6 nitrogen and oxygen atoms in total. The second-order valence-corrected chi connectivity index (χ2v) is 4.65. The summed E-state index contributed by atoms with van der Waals surface area (Å²) < 4.78 is 36.7. The predicted octanol–water partition coefficient (Wildman–Crippen LogP) is 2.70. The first-order valence-electron chi connectivity index (χ1n) is 6.21. The van der Waals surface area contributed by atoms with Gasteiger partial charge in [0.25, 0.3) is 0 Å². The van der Waals surface area contributed by atoms with Crippen LogP contribution in [0, 0.1) is 27.7 Å². The molecule has 0 fully saturated rings. The number of nitro groups is 1. The van der Waals surface area contributed by atoms with E-state index in [1.54, 1.807) is 0 Å². The molecule has 0 saturated heterocycles. The van der Waals surface area contributed by atoms with E-state index in [1.165, 1.54) is 0 Å². The molecule has 1 aromatic rings. The summed E-state index contributed by atoms with van der Waals surface area (Å²) in [7, 11) is 0. The monoisotopic (exact) mass is 303 g/mol. The molecule has 0 unspecified atom stereocenters. The van der Waals surface area contributed by atoms with E-state index < -0.39 is 33.8 Å². The van der Waals surface area contributed by atoms with Crippen molar-refractivity contribution in [2.45, 2.75) is 13.8 Å². The van der Waals surface area contributed by atoms with E-state index in [1.807, 2.05) is 13.8 Å². The van der Waals surface area contributed by atoms with E-state index >= 15 is 0 Å². The van der Waals surface area contributed by atoms with Crippen molar-refractivity contribution < 1.29 is 28.0 Å². The summed E-state index contributed by atoms with van der Waals surface area (Å²) >= 11 is 0. The van der Waals surface area contributed by atoms with Gasteiger partial charge in [-0.25, -0.2) is 9.18 Å². The van der Waals surface area contributed by atoms with Gasteiger partial charge in [0.1, 0.15) is 18.0 Å². The second kappa shape index (κ2) is 7.63. The van der Waals surface area contributed by atoms with E-state index in [9.17, 15) is 23.7 Å². The minimum Gasteiger partial charge on any atom is -0.460 e. The fraction of sp³-hybridized carbons (Fsp3) is 0.462. The highest BCUT2D eigenvalue weighted by atomic mass is 19.1. The molecule has 0 saturated carbocycles. The molecule has 0 N–H and O–H groups in total. The van der Waals surface area contributed by atoms with Crippen molar-refractivity contribution in [3.8, 4) is 0 Å². The largest absolute Gasteiger partial charge is 0.460 e. The summed E-state index contributed by atoms with van der Waals surface area (Å²) in [5.41, 5.74) is -1.93. The number of carbonyl (C=O) groups excluding carboxylic acids is 1. The number of rotatable bonds is 7. The Kier molecular flexibility index (Phi) is 6.16. The summed E-state index contributed by atoms with van der Waals surface area (Å²) in [5.74, 6) is -3.38. The minimum atomic E-state index is -1.42. The average Bonchev–Trinajstić information content (AvgIpc) is 2.39. The van der Waals surface area contributed by atoms with Crippen LogP contribution in [0.25, 0.3) is 0 Å². The first-order valence-corrected chi connectivity index (χ1v) is 6.21. The molecule has 0 atom stereocenters. The second-order valence-electron chi connectivity index (χ2n) is 4.65. The third-order valence-corrected chi connectivity index (χ3v) is 2.35. The van der Waals surface area contributed by atoms with Crippen molar-refractivity contribution in [1.29, 1.82) is 0 Å². The smallest absolute Gasteiger partial charge is 0.341 e. The van der Waals surface area contributed by atoms with Crippen molar-refractivity contribution in [1.82, 2.24) is 0 Å². The van der Waals surface area contributed by atoms with Gasteiger partial charge >= 0.3 is 11.7 Å². The molecule has 1 aromatic carbocycles. The zero-order chi connectivity index (χ0) is 16.0. The van der Waals surface area contributed by atoms with Crippen molar-refractivity contribution in [3.05, 3.63) is 39.4 Å². The maximum absolute atomic E-state index is 13.7. The van der Waals surface area contributed by atoms with Crippen molar-refractivity contribution in [2.75, 3.05) is 19.8 Å². The van der Waals surface area contributed by atoms with E-state index in [0.717, 1.165) is 0 Å². The van der Waals surface area contributed by atoms with Crippen molar-refractivity contribution in [3.63, 3.8) is 0 Å². The Morgan fingerprint density at radius 3 is 2.57 bits per heavy atom. The molecule has 8 heteroatoms. The van der Waals surface area contributed by atoms with Crippen LogP contribution >= 0.6 is 0 Å². The molecule has 0 heterocycles. The SMILES string of the molecule is CC(C)COCCOC(=O)c1cc(F)cc([N+](=O)[O-])c1F. The molecular formula is C13H15F2NO5. The molecule has 0 bridgehead atoms. The van der Waals surface area contributed by atoms with Crippen LogP contribution in [0.3, 0.4) is 0 Å². The lowest BCUT2D eigenvalue weighted by Crippen LogP contribution is -2.14. The van der Waals surface area contributed by atoms with Gasteiger partial charge in [0.2, 0.25) is 5.82 Å². The maximum atomic E-state index is 13.7. The summed E-state index contributed by atoms with van der Waals surface area (Å²) in [4.78, 5) is 21.0. The summed E-state index contributed by atoms with van der Waals surface area (Å²) in [6.45, 7) is 4.29. The van der Waals surface area contributed by atoms with Gasteiger partial charge in [0.15, 0.2) is 0 Å². The standard InChI is InChI=1S/C13H15F2NO5/c1-8(2)7-20-3-4-21-13(17)10-5-9(14)6-11(12(10)15)16(18)19/h5-6,8H,3-4,7H2,1-2H3. The zero-order valence-electron chi connectivity index (χ0n) is 11.6. The number of nitro benzene ring substituents is 1. The fourth-order valence-corrected chi connectivity index (χ4v) is 1.45. The Balaban J connectivity index is 2.68. The van der Waals surface area contributed by atoms with Gasteiger partial charge in [0.05, 0.1) is 17.6 Å². The van der Waals surface area contributed by atoms with Crippen LogP contribution in [0.2, 0.25) is 0 Å².